The fraction of sp³-hybridized carbons (Fsp3) is 0.200. The second kappa shape index (κ2) is 5.14. The molecule has 0 spiro atoms. The predicted molar refractivity (Wildman–Crippen MR) is 53.1 cm³/mol. The lowest BCUT2D eigenvalue weighted by Crippen LogP contribution is -2.13. The van der Waals surface area contributed by atoms with E-state index in [0.29, 0.717) is 13.1 Å². The molecule has 0 atom stereocenters. The molecule has 0 aliphatic heterocycles. The van der Waals surface area contributed by atoms with Crippen molar-refractivity contribution in [2.24, 2.45) is 0 Å². The van der Waals surface area contributed by atoms with Crippen LogP contribution >= 0.6 is 0 Å². The highest BCUT2D eigenvalue weighted by atomic mass is 16.4. The standard InChI is InChI=1S/C10H12N2O2/c1-2-5-11-7-9-4-3-8(6-12-9)10(13)14/h2-4,6,11H,1,5,7H2,(H,13,14). The zero-order valence-corrected chi connectivity index (χ0v) is 7.73. The first kappa shape index (κ1) is 10.4. The summed E-state index contributed by atoms with van der Waals surface area (Å²) in [7, 11) is 0. The highest BCUT2D eigenvalue weighted by Gasteiger charge is 2.01. The van der Waals surface area contributed by atoms with Gasteiger partial charge in [-0.1, -0.05) is 6.08 Å². The minimum absolute atomic E-state index is 0.206. The van der Waals surface area contributed by atoms with Crippen molar-refractivity contribution in [3.63, 3.8) is 0 Å². The molecule has 0 aliphatic carbocycles. The van der Waals surface area contributed by atoms with Crippen molar-refractivity contribution in [1.29, 1.82) is 0 Å². The van der Waals surface area contributed by atoms with Gasteiger partial charge in [0, 0.05) is 19.3 Å². The zero-order chi connectivity index (χ0) is 10.4. The summed E-state index contributed by atoms with van der Waals surface area (Å²) >= 11 is 0. The smallest absolute Gasteiger partial charge is 0.337 e. The Labute approximate surface area is 82.3 Å². The molecule has 0 saturated carbocycles. The molecule has 0 bridgehead atoms. The Kier molecular flexibility index (Phi) is 3.82. The van der Waals surface area contributed by atoms with Gasteiger partial charge in [-0.05, 0) is 12.1 Å². The predicted octanol–water partition coefficient (Wildman–Crippen LogP) is 1.06. The summed E-state index contributed by atoms with van der Waals surface area (Å²) in [5.41, 5.74) is 1.02. The molecule has 4 heteroatoms. The first-order valence-electron chi connectivity index (χ1n) is 4.24. The second-order valence-electron chi connectivity index (χ2n) is 2.76. The van der Waals surface area contributed by atoms with Gasteiger partial charge in [0.05, 0.1) is 11.3 Å². The van der Waals surface area contributed by atoms with Gasteiger partial charge in [-0.25, -0.2) is 4.79 Å². The maximum atomic E-state index is 10.5. The van der Waals surface area contributed by atoms with Crippen LogP contribution in [0.5, 0.6) is 0 Å². The molecule has 14 heavy (non-hydrogen) atoms. The van der Waals surface area contributed by atoms with Crippen LogP contribution in [0.15, 0.2) is 31.0 Å². The summed E-state index contributed by atoms with van der Waals surface area (Å²) in [6.45, 7) is 4.90. The number of carboxylic acids is 1. The SMILES string of the molecule is C=CCNCc1ccc(C(=O)O)cn1. The number of nitrogens with zero attached hydrogens (tertiary/aromatic N) is 1. The molecule has 2 N–H and O–H groups in total. The third-order valence-electron chi connectivity index (χ3n) is 1.67. The molecule has 0 saturated heterocycles. The van der Waals surface area contributed by atoms with Gasteiger partial charge >= 0.3 is 5.97 Å². The van der Waals surface area contributed by atoms with E-state index in [0.717, 1.165) is 5.69 Å². The Balaban J connectivity index is 2.55. The number of rotatable bonds is 5. The third kappa shape index (κ3) is 2.99. The largest absolute Gasteiger partial charge is 0.478 e. The fourth-order valence-corrected chi connectivity index (χ4v) is 0.958. The van der Waals surface area contributed by atoms with E-state index in [4.69, 9.17) is 5.11 Å². The van der Waals surface area contributed by atoms with E-state index in [1.807, 2.05) is 0 Å². The number of carbonyl (C=O) groups is 1. The minimum atomic E-state index is -0.955. The van der Waals surface area contributed by atoms with E-state index in [9.17, 15) is 4.79 Å². The monoisotopic (exact) mass is 192 g/mol. The molecule has 1 rings (SSSR count). The summed E-state index contributed by atoms with van der Waals surface area (Å²) in [6.07, 6.45) is 3.11. The second-order valence-corrected chi connectivity index (χ2v) is 2.76. The molecule has 0 amide bonds. The van der Waals surface area contributed by atoms with E-state index < -0.39 is 5.97 Å². The molecule has 1 aromatic heterocycles. The van der Waals surface area contributed by atoms with Crippen LogP contribution in [0.25, 0.3) is 0 Å². The molecule has 0 aliphatic rings. The van der Waals surface area contributed by atoms with Crippen molar-refractivity contribution in [3.05, 3.63) is 42.2 Å². The first-order chi connectivity index (χ1) is 6.74. The summed E-state index contributed by atoms with van der Waals surface area (Å²) in [6, 6.07) is 3.24. The van der Waals surface area contributed by atoms with Gasteiger partial charge in [-0.15, -0.1) is 6.58 Å². The van der Waals surface area contributed by atoms with Crippen LogP contribution in [0.2, 0.25) is 0 Å². The first-order valence-corrected chi connectivity index (χ1v) is 4.24. The van der Waals surface area contributed by atoms with E-state index in [2.05, 4.69) is 16.9 Å². The van der Waals surface area contributed by atoms with E-state index in [1.54, 1.807) is 18.2 Å². The average molecular weight is 192 g/mol. The van der Waals surface area contributed by atoms with Crippen molar-refractivity contribution >= 4 is 5.97 Å². The maximum Gasteiger partial charge on any atom is 0.337 e. The summed E-state index contributed by atoms with van der Waals surface area (Å²) in [5, 5.41) is 11.7. The van der Waals surface area contributed by atoms with E-state index in [-0.39, 0.29) is 5.56 Å². The Bertz CT molecular complexity index is 319. The van der Waals surface area contributed by atoms with Crippen LogP contribution in [0.4, 0.5) is 0 Å². The maximum absolute atomic E-state index is 10.5. The lowest BCUT2D eigenvalue weighted by atomic mass is 10.2. The molecule has 1 heterocycles. The molecule has 0 radical (unpaired) electrons. The normalized spacial score (nSPS) is 9.71. The molecule has 0 fully saturated rings. The number of hydrogen-bond donors (Lipinski definition) is 2. The Hall–Kier alpha value is -1.68. The number of aromatic carboxylic acids is 1. The van der Waals surface area contributed by atoms with Gasteiger partial charge in [-0.3, -0.25) is 4.98 Å². The number of pyridine rings is 1. The zero-order valence-electron chi connectivity index (χ0n) is 7.73. The van der Waals surface area contributed by atoms with Crippen molar-refractivity contribution in [2.75, 3.05) is 6.54 Å². The van der Waals surface area contributed by atoms with E-state index in [1.165, 1.54) is 6.20 Å². The number of nitrogens with one attached hydrogen (secondary N) is 1. The molecule has 0 aromatic carbocycles. The van der Waals surface area contributed by atoms with Crippen LogP contribution in [0.1, 0.15) is 16.1 Å². The van der Waals surface area contributed by atoms with Gasteiger partial charge in [-0.2, -0.15) is 0 Å². The van der Waals surface area contributed by atoms with Gasteiger partial charge in [0.15, 0.2) is 0 Å². The lowest BCUT2D eigenvalue weighted by Gasteiger charge is -2.01. The van der Waals surface area contributed by atoms with Crippen LogP contribution in [-0.2, 0) is 6.54 Å². The highest BCUT2D eigenvalue weighted by molar-refractivity contribution is 5.87. The summed E-state index contributed by atoms with van der Waals surface area (Å²) in [5.74, 6) is -0.955. The summed E-state index contributed by atoms with van der Waals surface area (Å²) in [4.78, 5) is 14.5. The average Bonchev–Trinajstić information content (AvgIpc) is 2.19. The molecule has 1 aromatic rings. The van der Waals surface area contributed by atoms with Gasteiger partial charge in [0.2, 0.25) is 0 Å². The Morgan fingerprint density at radius 1 is 1.64 bits per heavy atom. The number of hydrogen-bond acceptors (Lipinski definition) is 3. The van der Waals surface area contributed by atoms with Crippen molar-refractivity contribution < 1.29 is 9.90 Å². The quantitative estimate of drug-likeness (QED) is 0.541. The van der Waals surface area contributed by atoms with Crippen LogP contribution < -0.4 is 5.32 Å². The van der Waals surface area contributed by atoms with Crippen molar-refractivity contribution in [1.82, 2.24) is 10.3 Å². The van der Waals surface area contributed by atoms with Crippen LogP contribution in [0.3, 0.4) is 0 Å². The minimum Gasteiger partial charge on any atom is -0.478 e. The fourth-order valence-electron chi connectivity index (χ4n) is 0.958. The third-order valence-corrected chi connectivity index (χ3v) is 1.67. The lowest BCUT2D eigenvalue weighted by molar-refractivity contribution is 0.0696. The molecule has 0 unspecified atom stereocenters. The summed E-state index contributed by atoms with van der Waals surface area (Å²) < 4.78 is 0. The topological polar surface area (TPSA) is 62.2 Å². The Morgan fingerprint density at radius 3 is 2.93 bits per heavy atom. The molecule has 74 valence electrons. The van der Waals surface area contributed by atoms with Crippen molar-refractivity contribution in [2.45, 2.75) is 6.54 Å². The number of carboxylic acid groups (broad SMARTS) is 1. The van der Waals surface area contributed by atoms with Crippen molar-refractivity contribution in [3.8, 4) is 0 Å². The molecular formula is C10H12N2O2. The van der Waals surface area contributed by atoms with Gasteiger partial charge in [0.25, 0.3) is 0 Å². The van der Waals surface area contributed by atoms with Gasteiger partial charge < -0.3 is 10.4 Å². The van der Waals surface area contributed by atoms with Crippen LogP contribution in [0, 0.1) is 0 Å². The van der Waals surface area contributed by atoms with Gasteiger partial charge in [0.1, 0.15) is 0 Å². The van der Waals surface area contributed by atoms with Crippen LogP contribution in [-0.4, -0.2) is 22.6 Å². The highest BCUT2D eigenvalue weighted by Crippen LogP contribution is 1.99. The number of aromatic nitrogens is 1. The molecular weight excluding hydrogens is 180 g/mol. The van der Waals surface area contributed by atoms with E-state index >= 15 is 0 Å². The molecule has 4 nitrogen and oxygen atoms in total. The Morgan fingerprint density at radius 2 is 2.43 bits per heavy atom.